The van der Waals surface area contributed by atoms with Crippen LogP contribution < -0.4 is 0 Å². The lowest BCUT2D eigenvalue weighted by atomic mass is 10.3. The summed E-state index contributed by atoms with van der Waals surface area (Å²) in [4.78, 5) is 32.9. The number of phosphoric ester groups is 1. The third-order valence-corrected chi connectivity index (χ3v) is 4.61. The van der Waals surface area contributed by atoms with Gasteiger partial charge in [-0.1, -0.05) is 20.8 Å². The van der Waals surface area contributed by atoms with Gasteiger partial charge in [0, 0.05) is 19.5 Å². The molecule has 35 heavy (non-hydrogen) atoms. The lowest BCUT2D eigenvalue weighted by molar-refractivity contribution is -0.904. The third kappa shape index (κ3) is 108. The van der Waals surface area contributed by atoms with Gasteiger partial charge in [0.1, 0.15) is 0 Å². The van der Waals surface area contributed by atoms with E-state index in [9.17, 15) is 17.5 Å². The van der Waals surface area contributed by atoms with Crippen LogP contribution in [0.15, 0.2) is 0 Å². The van der Waals surface area contributed by atoms with Gasteiger partial charge in [0.2, 0.25) is 0 Å². The van der Waals surface area contributed by atoms with Crippen LogP contribution in [0.3, 0.4) is 0 Å². The number of nitrogens with one attached hydrogen (secondary N) is 1. The van der Waals surface area contributed by atoms with Crippen molar-refractivity contribution < 1.29 is 50.7 Å². The Morgan fingerprint density at radius 1 is 0.943 bits per heavy atom. The van der Waals surface area contributed by atoms with Gasteiger partial charge >= 0.3 is 15.4 Å². The third-order valence-electron chi connectivity index (χ3n) is 4.14. The summed E-state index contributed by atoms with van der Waals surface area (Å²) in [5.74, 6) is 0. The molecule has 0 unspecified atom stereocenters. The monoisotopic (exact) mass is 578 g/mol. The zero-order valence-corrected chi connectivity index (χ0v) is 26.3. The average molecular weight is 579 g/mol. The number of nitrogens with zero attached hydrogens (tertiary/aromatic N) is 2. The first kappa shape index (κ1) is 47.9. The topological polar surface area (TPSA) is 206 Å². The van der Waals surface area contributed by atoms with Gasteiger partial charge < -0.3 is 34.4 Å². The number of phosphoric acid groups is 1. The van der Waals surface area contributed by atoms with Gasteiger partial charge in [-0.05, 0) is 54.3 Å². The molecule has 0 aliphatic rings. The standard InChI is InChI=1S/C7H18N.C5H13N.C4H9N.CH5O4P.CH5O3P.CH4O3S/c1-5-8(4,6-2)7-3;1-4-6(3)5-2;1-3-4(2)5;1-5-6(2,3)4;2*1-5(2,3)4/h5-7H2,1-4H3;4-5H2,1-3H3;5H,3H2,1-2H3;1H3,(H2,2,3,4);1H3,(H2,2,3,4);1H3,(H,2,3,4)/q+1;;;;;. The van der Waals surface area contributed by atoms with Gasteiger partial charge in [0.05, 0.1) is 32.9 Å². The van der Waals surface area contributed by atoms with Crippen LogP contribution in [-0.4, -0.2) is 114 Å². The van der Waals surface area contributed by atoms with E-state index in [1.807, 2.05) is 6.92 Å². The van der Waals surface area contributed by atoms with Gasteiger partial charge in [-0.25, -0.2) is 4.57 Å². The van der Waals surface area contributed by atoms with Gasteiger partial charge in [-0.3, -0.25) is 13.6 Å². The van der Waals surface area contributed by atoms with Crippen LogP contribution in [0.5, 0.6) is 0 Å². The highest BCUT2D eigenvalue weighted by atomic mass is 32.2. The average Bonchev–Trinajstić information content (AvgIpc) is 2.70. The van der Waals surface area contributed by atoms with Crippen LogP contribution >= 0.6 is 15.4 Å². The molecule has 0 aliphatic heterocycles. The fourth-order valence-corrected chi connectivity index (χ4v) is 0.894. The van der Waals surface area contributed by atoms with E-state index in [0.717, 1.165) is 39.0 Å². The first-order chi connectivity index (χ1) is 15.3. The van der Waals surface area contributed by atoms with Crippen LogP contribution in [0.4, 0.5) is 0 Å². The molecule has 0 bridgehead atoms. The second-order valence-electron chi connectivity index (χ2n) is 7.43. The molecule has 0 aromatic heterocycles. The molecule has 0 heterocycles. The fourth-order valence-electron chi connectivity index (χ4n) is 0.894. The molecule has 0 atom stereocenters. The molecule has 0 aromatic carbocycles. The van der Waals surface area contributed by atoms with Crippen molar-refractivity contribution in [3.8, 4) is 0 Å². The summed E-state index contributed by atoms with van der Waals surface area (Å²) in [5, 5.41) is 6.74. The Morgan fingerprint density at radius 2 is 1.11 bits per heavy atom. The van der Waals surface area contributed by atoms with Gasteiger partial charge in [0.15, 0.2) is 0 Å². The molecule has 0 aromatic rings. The minimum Gasteiger partial charge on any atom is -0.327 e. The second-order valence-corrected chi connectivity index (χ2v) is 11.9. The van der Waals surface area contributed by atoms with E-state index in [0.29, 0.717) is 6.26 Å². The predicted molar refractivity (Wildman–Crippen MR) is 145 cm³/mol. The summed E-state index contributed by atoms with van der Waals surface area (Å²) in [6.45, 7) is 21.8. The Bertz CT molecular complexity index is 635. The lowest BCUT2D eigenvalue weighted by Gasteiger charge is -2.30. The van der Waals surface area contributed by atoms with E-state index in [4.69, 9.17) is 29.5 Å². The summed E-state index contributed by atoms with van der Waals surface area (Å²) in [6, 6.07) is 0. The van der Waals surface area contributed by atoms with Gasteiger partial charge in [-0.2, -0.15) is 8.42 Å². The molecule has 220 valence electrons. The molecule has 0 spiro atoms. The zero-order chi connectivity index (χ0) is 30.1. The first-order valence-electron chi connectivity index (χ1n) is 10.9. The molecular weight excluding hydrogens is 524 g/mol. The smallest absolute Gasteiger partial charge is 0.327 e. The van der Waals surface area contributed by atoms with Gasteiger partial charge in [-0.15, -0.1) is 0 Å². The number of quaternary nitrogens is 1. The Morgan fingerprint density at radius 3 is 1.11 bits per heavy atom. The molecule has 6 N–H and O–H groups in total. The number of hydrogen-bond acceptors (Lipinski definition) is 7. The SMILES string of the molecule is CCC(C)=N.CCN(C)CC.CC[N+](C)(CC)CC.COP(=O)(O)O.CP(=O)(O)O.CS(=O)(=O)O. The second kappa shape index (κ2) is 26.8. The predicted octanol–water partition coefficient (Wildman–Crippen LogP) is 2.91. The van der Waals surface area contributed by atoms with Crippen molar-refractivity contribution in [2.75, 3.05) is 66.8 Å². The molecule has 0 radical (unpaired) electrons. The zero-order valence-electron chi connectivity index (χ0n) is 23.7. The summed E-state index contributed by atoms with van der Waals surface area (Å²) in [5.41, 5.74) is 0.755. The van der Waals surface area contributed by atoms with E-state index in [-0.39, 0.29) is 0 Å². The summed E-state index contributed by atoms with van der Waals surface area (Å²) < 4.78 is 49.5. The number of rotatable bonds is 7. The van der Waals surface area contributed by atoms with Crippen molar-refractivity contribution in [3.05, 3.63) is 0 Å². The van der Waals surface area contributed by atoms with Crippen LogP contribution in [0.25, 0.3) is 0 Å². The Balaban J connectivity index is -0.0000000728. The molecular formula is C19H54N3O10P2S+. The Hall–Kier alpha value is -0.240. The summed E-state index contributed by atoms with van der Waals surface area (Å²) in [6.07, 6.45) is 1.60. The van der Waals surface area contributed by atoms with E-state index < -0.39 is 25.5 Å². The first-order valence-corrected chi connectivity index (χ1v) is 16.4. The van der Waals surface area contributed by atoms with Crippen molar-refractivity contribution in [3.63, 3.8) is 0 Å². The van der Waals surface area contributed by atoms with E-state index in [1.165, 1.54) is 24.1 Å². The maximum atomic E-state index is 9.47. The molecule has 0 amide bonds. The minimum absolute atomic E-state index is 0.715. The lowest BCUT2D eigenvalue weighted by Crippen LogP contribution is -2.42. The summed E-state index contributed by atoms with van der Waals surface area (Å²) >= 11 is 0. The Kier molecular flexibility index (Phi) is 36.7. The van der Waals surface area contributed by atoms with Crippen LogP contribution in [-0.2, 0) is 23.8 Å². The van der Waals surface area contributed by atoms with Crippen LogP contribution in [0, 0.1) is 5.41 Å². The maximum absolute atomic E-state index is 9.47. The maximum Gasteiger partial charge on any atom is 0.469 e. The molecule has 0 rings (SSSR count). The highest BCUT2D eigenvalue weighted by molar-refractivity contribution is 7.85. The molecule has 0 fully saturated rings. The normalized spacial score (nSPS) is 10.9. The van der Waals surface area contributed by atoms with Crippen molar-refractivity contribution in [1.29, 1.82) is 5.41 Å². The van der Waals surface area contributed by atoms with E-state index in [1.54, 1.807) is 6.92 Å². The van der Waals surface area contributed by atoms with Crippen molar-refractivity contribution >= 4 is 31.2 Å². The van der Waals surface area contributed by atoms with Crippen LogP contribution in [0.2, 0.25) is 0 Å². The minimum atomic E-state index is -4.15. The van der Waals surface area contributed by atoms with Crippen molar-refractivity contribution in [1.82, 2.24) is 4.90 Å². The highest BCUT2D eigenvalue weighted by Gasteiger charge is 2.10. The quantitative estimate of drug-likeness (QED) is 0.112. The summed E-state index contributed by atoms with van der Waals surface area (Å²) in [7, 11) is -6.10. The molecule has 0 saturated carbocycles. The fraction of sp³-hybridized carbons (Fsp3) is 0.947. The van der Waals surface area contributed by atoms with Crippen molar-refractivity contribution in [2.45, 2.75) is 54.9 Å². The molecule has 0 aliphatic carbocycles. The molecule has 0 saturated heterocycles. The number of hydrogen-bond donors (Lipinski definition) is 6. The van der Waals surface area contributed by atoms with E-state index >= 15 is 0 Å². The largest absolute Gasteiger partial charge is 0.469 e. The molecule has 16 heteroatoms. The van der Waals surface area contributed by atoms with Gasteiger partial charge in [0.25, 0.3) is 10.1 Å². The highest BCUT2D eigenvalue weighted by Crippen LogP contribution is 2.33. The van der Waals surface area contributed by atoms with E-state index in [2.05, 4.69) is 58.1 Å². The Labute approximate surface area is 214 Å². The molecule has 13 nitrogen and oxygen atoms in total. The van der Waals surface area contributed by atoms with Crippen LogP contribution in [0.1, 0.15) is 54.9 Å². The van der Waals surface area contributed by atoms with Crippen molar-refractivity contribution in [2.24, 2.45) is 0 Å².